The largest absolute Gasteiger partial charge is 0.245 e. The van der Waals surface area contributed by atoms with Crippen LogP contribution in [-0.2, 0) is 19.2 Å². The molecule has 0 aliphatic carbocycles. The third-order valence-corrected chi connectivity index (χ3v) is 4.95. The number of rotatable bonds is 5. The van der Waals surface area contributed by atoms with E-state index in [2.05, 4.69) is 57.1 Å². The first kappa shape index (κ1) is 14.2. The monoisotopic (exact) mass is 317 g/mol. The van der Waals surface area contributed by atoms with E-state index in [1.165, 1.54) is 11.1 Å². The van der Waals surface area contributed by atoms with E-state index in [-0.39, 0.29) is 0 Å². The fraction of sp³-hybridized carbons (Fsp3) is 0.286. The molecule has 21 heavy (non-hydrogen) atoms. The van der Waals surface area contributed by atoms with E-state index >= 15 is 0 Å². The molecule has 1 aromatic carbocycles. The number of tetrazole rings is 1. The highest BCUT2D eigenvalue weighted by atomic mass is 32.2. The van der Waals surface area contributed by atoms with Crippen molar-refractivity contribution in [1.82, 2.24) is 25.2 Å². The summed E-state index contributed by atoms with van der Waals surface area (Å²) in [4.78, 5) is 4.68. The summed E-state index contributed by atoms with van der Waals surface area (Å²) in [5.74, 6) is 0.790. The summed E-state index contributed by atoms with van der Waals surface area (Å²) in [7, 11) is 1.84. The quantitative estimate of drug-likeness (QED) is 0.677. The van der Waals surface area contributed by atoms with Gasteiger partial charge in [0.05, 0.1) is 10.7 Å². The molecule has 0 aliphatic rings. The summed E-state index contributed by atoms with van der Waals surface area (Å²) in [6, 6.07) is 8.61. The molecule has 0 amide bonds. The number of hydrogen-bond acceptors (Lipinski definition) is 6. The first-order valence-electron chi connectivity index (χ1n) is 6.54. The van der Waals surface area contributed by atoms with Crippen LogP contribution in [0.15, 0.2) is 34.8 Å². The average molecular weight is 317 g/mol. The minimum Gasteiger partial charge on any atom is -0.245 e. The van der Waals surface area contributed by atoms with Crippen LogP contribution in [0.2, 0.25) is 0 Å². The zero-order valence-electron chi connectivity index (χ0n) is 11.9. The van der Waals surface area contributed by atoms with Crippen molar-refractivity contribution in [2.24, 2.45) is 7.05 Å². The Labute approximate surface area is 131 Å². The third kappa shape index (κ3) is 3.68. The third-order valence-electron chi connectivity index (χ3n) is 3.01. The summed E-state index contributed by atoms with van der Waals surface area (Å²) < 4.78 is 1.67. The number of aromatic nitrogens is 5. The summed E-state index contributed by atoms with van der Waals surface area (Å²) in [6.07, 6.45) is 0.890. The topological polar surface area (TPSA) is 56.5 Å². The summed E-state index contributed by atoms with van der Waals surface area (Å²) >= 11 is 3.31. The molecule has 0 atom stereocenters. The van der Waals surface area contributed by atoms with Crippen LogP contribution in [0.4, 0.5) is 0 Å². The highest BCUT2D eigenvalue weighted by Gasteiger charge is 2.07. The lowest BCUT2D eigenvalue weighted by Crippen LogP contribution is -1.94. The van der Waals surface area contributed by atoms with E-state index in [0.717, 1.165) is 28.0 Å². The number of benzene rings is 1. The van der Waals surface area contributed by atoms with Crippen LogP contribution in [0.25, 0.3) is 0 Å². The first-order chi connectivity index (χ1) is 10.2. The highest BCUT2D eigenvalue weighted by Crippen LogP contribution is 2.22. The molecule has 7 heteroatoms. The van der Waals surface area contributed by atoms with Gasteiger partial charge in [-0.1, -0.05) is 41.6 Å². The Morgan fingerprint density at radius 3 is 2.76 bits per heavy atom. The van der Waals surface area contributed by atoms with E-state index in [1.807, 2.05) is 7.05 Å². The Bertz CT molecular complexity index is 717. The Morgan fingerprint density at radius 2 is 2.05 bits per heavy atom. The van der Waals surface area contributed by atoms with Crippen LogP contribution in [0, 0.1) is 6.92 Å². The average Bonchev–Trinajstić information content (AvgIpc) is 3.08. The molecule has 5 nitrogen and oxygen atoms in total. The van der Waals surface area contributed by atoms with Gasteiger partial charge in [-0.25, -0.2) is 9.67 Å². The van der Waals surface area contributed by atoms with E-state index in [4.69, 9.17) is 0 Å². The van der Waals surface area contributed by atoms with E-state index in [1.54, 1.807) is 27.8 Å². The smallest absolute Gasteiger partial charge is 0.209 e. The molecule has 0 bridgehead atoms. The van der Waals surface area contributed by atoms with E-state index in [9.17, 15) is 0 Å². The van der Waals surface area contributed by atoms with Gasteiger partial charge in [0.15, 0.2) is 0 Å². The number of thiazole rings is 1. The second-order valence-corrected chi connectivity index (χ2v) is 6.65. The predicted octanol–water partition coefficient (Wildman–Crippen LogP) is 2.86. The van der Waals surface area contributed by atoms with Gasteiger partial charge in [0.2, 0.25) is 5.16 Å². The molecular formula is C14H15N5S2. The van der Waals surface area contributed by atoms with Gasteiger partial charge in [-0.15, -0.1) is 16.4 Å². The Morgan fingerprint density at radius 1 is 1.24 bits per heavy atom. The number of aryl methyl sites for hydroxylation is 2. The van der Waals surface area contributed by atoms with Gasteiger partial charge in [0.25, 0.3) is 0 Å². The number of thioether (sulfide) groups is 1. The van der Waals surface area contributed by atoms with Gasteiger partial charge in [-0.3, -0.25) is 0 Å². The molecule has 2 aromatic heterocycles. The molecule has 0 spiro atoms. The molecule has 0 fully saturated rings. The van der Waals surface area contributed by atoms with Crippen molar-refractivity contribution in [2.45, 2.75) is 24.3 Å². The van der Waals surface area contributed by atoms with Crippen LogP contribution in [0.5, 0.6) is 0 Å². The van der Waals surface area contributed by atoms with Crippen molar-refractivity contribution < 1.29 is 0 Å². The zero-order chi connectivity index (χ0) is 14.7. The second-order valence-electron chi connectivity index (χ2n) is 4.77. The summed E-state index contributed by atoms with van der Waals surface area (Å²) in [5, 5.41) is 15.5. The fourth-order valence-electron chi connectivity index (χ4n) is 1.86. The van der Waals surface area contributed by atoms with Gasteiger partial charge in [-0.2, -0.15) is 0 Å². The van der Waals surface area contributed by atoms with E-state index < -0.39 is 0 Å². The molecule has 0 radical (unpaired) electrons. The van der Waals surface area contributed by atoms with Gasteiger partial charge in [-0.05, 0) is 22.9 Å². The molecular weight excluding hydrogens is 302 g/mol. The maximum Gasteiger partial charge on any atom is 0.209 e. The van der Waals surface area contributed by atoms with Crippen LogP contribution in [0.1, 0.15) is 21.8 Å². The molecule has 0 N–H and O–H groups in total. The molecule has 0 unspecified atom stereocenters. The fourth-order valence-corrected chi connectivity index (χ4v) is 3.54. The van der Waals surface area contributed by atoms with Crippen molar-refractivity contribution in [3.8, 4) is 0 Å². The molecule has 0 saturated carbocycles. The van der Waals surface area contributed by atoms with Crippen molar-refractivity contribution >= 4 is 23.1 Å². The lowest BCUT2D eigenvalue weighted by Gasteiger charge is -1.99. The van der Waals surface area contributed by atoms with Crippen LogP contribution < -0.4 is 0 Å². The number of hydrogen-bond donors (Lipinski definition) is 0. The molecule has 2 heterocycles. The standard InChI is InChI=1S/C14H15N5S2/c1-10-3-5-11(6-4-10)7-13-15-12(8-20-13)9-21-14-16-17-18-19(14)2/h3-6,8H,7,9H2,1-2H3. The lowest BCUT2D eigenvalue weighted by atomic mass is 10.1. The Balaban J connectivity index is 1.61. The normalized spacial score (nSPS) is 11.0. The van der Waals surface area contributed by atoms with Crippen molar-refractivity contribution in [1.29, 1.82) is 0 Å². The number of nitrogens with zero attached hydrogens (tertiary/aromatic N) is 5. The second kappa shape index (κ2) is 6.36. The highest BCUT2D eigenvalue weighted by molar-refractivity contribution is 7.98. The maximum atomic E-state index is 4.68. The Hall–Kier alpha value is -1.73. The molecule has 0 aliphatic heterocycles. The predicted molar refractivity (Wildman–Crippen MR) is 84.5 cm³/mol. The SMILES string of the molecule is Cc1ccc(Cc2nc(CSc3nnnn3C)cs2)cc1. The lowest BCUT2D eigenvalue weighted by molar-refractivity contribution is 0.664. The van der Waals surface area contributed by atoms with Crippen molar-refractivity contribution in [3.63, 3.8) is 0 Å². The molecule has 0 saturated heterocycles. The first-order valence-corrected chi connectivity index (χ1v) is 8.41. The molecule has 108 valence electrons. The van der Waals surface area contributed by atoms with Crippen molar-refractivity contribution in [2.75, 3.05) is 0 Å². The molecule has 3 aromatic rings. The van der Waals surface area contributed by atoms with Gasteiger partial charge >= 0.3 is 0 Å². The Kier molecular flexibility index (Phi) is 4.31. The zero-order valence-corrected chi connectivity index (χ0v) is 13.5. The van der Waals surface area contributed by atoms with Gasteiger partial charge in [0.1, 0.15) is 0 Å². The maximum absolute atomic E-state index is 4.68. The van der Waals surface area contributed by atoms with E-state index in [0.29, 0.717) is 0 Å². The minimum atomic E-state index is 0.790. The summed E-state index contributed by atoms with van der Waals surface area (Å²) in [6.45, 7) is 2.10. The van der Waals surface area contributed by atoms with Crippen LogP contribution in [0.3, 0.4) is 0 Å². The van der Waals surface area contributed by atoms with Crippen molar-refractivity contribution in [3.05, 3.63) is 51.5 Å². The molecule has 3 rings (SSSR count). The summed E-state index contributed by atoms with van der Waals surface area (Å²) in [5.41, 5.74) is 3.66. The minimum absolute atomic E-state index is 0.790. The van der Waals surface area contributed by atoms with Gasteiger partial charge < -0.3 is 0 Å². The van der Waals surface area contributed by atoms with Crippen LogP contribution >= 0.6 is 23.1 Å². The van der Waals surface area contributed by atoms with Crippen LogP contribution in [-0.4, -0.2) is 25.2 Å². The van der Waals surface area contributed by atoms with Gasteiger partial charge in [0, 0.05) is 24.6 Å².